The molecule has 1 aromatic carbocycles. The third kappa shape index (κ3) is 3.35. The van der Waals surface area contributed by atoms with E-state index in [1.165, 1.54) is 11.1 Å². The summed E-state index contributed by atoms with van der Waals surface area (Å²) in [5.41, 5.74) is 3.45. The van der Waals surface area contributed by atoms with E-state index in [1.807, 2.05) is 12.1 Å². The minimum absolute atomic E-state index is 0.423. The molecule has 0 atom stereocenters. The van der Waals surface area contributed by atoms with E-state index in [9.17, 15) is 0 Å². The average molecular weight is 320 g/mol. The zero-order chi connectivity index (χ0) is 13.8. The Morgan fingerprint density at radius 3 is 2.74 bits per heavy atom. The predicted octanol–water partition coefficient (Wildman–Crippen LogP) is 5.20. The van der Waals surface area contributed by atoms with Crippen LogP contribution in [0.4, 0.5) is 0 Å². The maximum Gasteiger partial charge on any atom is 0.223 e. The van der Waals surface area contributed by atoms with Gasteiger partial charge in [-0.25, -0.2) is 4.98 Å². The standard InChI is InChI=1S/C16H18BrNO/c1-11(2)14-7-6-12(3)9-15(14)19-16-13(10-17)5-4-8-18-16/h4-9,11H,10H2,1-3H3. The first-order chi connectivity index (χ1) is 9.11. The van der Waals surface area contributed by atoms with Crippen molar-refractivity contribution in [3.05, 3.63) is 53.2 Å². The number of aromatic nitrogens is 1. The van der Waals surface area contributed by atoms with Crippen LogP contribution in [0, 0.1) is 6.92 Å². The number of hydrogen-bond acceptors (Lipinski definition) is 2. The highest BCUT2D eigenvalue weighted by atomic mass is 79.9. The first kappa shape index (κ1) is 14.1. The molecule has 0 spiro atoms. The van der Waals surface area contributed by atoms with Gasteiger partial charge in [0.2, 0.25) is 5.88 Å². The quantitative estimate of drug-likeness (QED) is 0.722. The fourth-order valence-corrected chi connectivity index (χ4v) is 2.36. The number of ether oxygens (including phenoxy) is 1. The third-order valence-electron chi connectivity index (χ3n) is 2.99. The fraction of sp³-hybridized carbons (Fsp3) is 0.312. The molecule has 0 aliphatic heterocycles. The molecule has 0 unspecified atom stereocenters. The van der Waals surface area contributed by atoms with Crippen LogP contribution >= 0.6 is 15.9 Å². The van der Waals surface area contributed by atoms with E-state index in [-0.39, 0.29) is 0 Å². The maximum absolute atomic E-state index is 6.03. The summed E-state index contributed by atoms with van der Waals surface area (Å²) in [5.74, 6) is 1.99. The van der Waals surface area contributed by atoms with Crippen molar-refractivity contribution in [2.75, 3.05) is 0 Å². The average Bonchev–Trinajstić information content (AvgIpc) is 2.39. The molecule has 2 rings (SSSR count). The van der Waals surface area contributed by atoms with Gasteiger partial charge in [-0.2, -0.15) is 0 Å². The number of benzene rings is 1. The Morgan fingerprint density at radius 2 is 2.05 bits per heavy atom. The molecule has 0 saturated carbocycles. The van der Waals surface area contributed by atoms with Crippen molar-refractivity contribution >= 4 is 15.9 Å². The second-order valence-electron chi connectivity index (χ2n) is 4.90. The second kappa shape index (κ2) is 6.20. The molecule has 0 bridgehead atoms. The molecule has 2 nitrogen and oxygen atoms in total. The van der Waals surface area contributed by atoms with Gasteiger partial charge in [0.25, 0.3) is 0 Å². The van der Waals surface area contributed by atoms with Crippen LogP contribution in [-0.2, 0) is 5.33 Å². The van der Waals surface area contributed by atoms with Crippen LogP contribution in [0.5, 0.6) is 11.6 Å². The molecule has 3 heteroatoms. The molecule has 1 aromatic heterocycles. The summed E-state index contributed by atoms with van der Waals surface area (Å²) in [6.07, 6.45) is 1.76. The van der Waals surface area contributed by atoms with E-state index in [0.29, 0.717) is 11.8 Å². The highest BCUT2D eigenvalue weighted by Gasteiger charge is 2.11. The summed E-state index contributed by atoms with van der Waals surface area (Å²) in [5, 5.41) is 0.735. The second-order valence-corrected chi connectivity index (χ2v) is 5.46. The van der Waals surface area contributed by atoms with Gasteiger partial charge >= 0.3 is 0 Å². The SMILES string of the molecule is Cc1ccc(C(C)C)c(Oc2ncccc2CBr)c1. The maximum atomic E-state index is 6.03. The third-order valence-corrected chi connectivity index (χ3v) is 3.60. The smallest absolute Gasteiger partial charge is 0.223 e. The van der Waals surface area contributed by atoms with Gasteiger partial charge in [0.05, 0.1) is 0 Å². The monoisotopic (exact) mass is 319 g/mol. The zero-order valence-electron chi connectivity index (χ0n) is 11.5. The van der Waals surface area contributed by atoms with Gasteiger partial charge in [0.1, 0.15) is 5.75 Å². The number of halogens is 1. The van der Waals surface area contributed by atoms with Crippen LogP contribution in [0.25, 0.3) is 0 Å². The van der Waals surface area contributed by atoms with E-state index < -0.39 is 0 Å². The molecule has 100 valence electrons. The zero-order valence-corrected chi connectivity index (χ0v) is 13.1. The molecule has 0 saturated heterocycles. The highest BCUT2D eigenvalue weighted by Crippen LogP contribution is 2.32. The molecule has 2 aromatic rings. The number of aryl methyl sites for hydroxylation is 1. The van der Waals surface area contributed by atoms with Crippen molar-refractivity contribution in [1.29, 1.82) is 0 Å². The van der Waals surface area contributed by atoms with Crippen LogP contribution < -0.4 is 4.74 Å². The number of nitrogens with zero attached hydrogens (tertiary/aromatic N) is 1. The van der Waals surface area contributed by atoms with Crippen molar-refractivity contribution in [3.63, 3.8) is 0 Å². The van der Waals surface area contributed by atoms with Crippen LogP contribution in [0.3, 0.4) is 0 Å². The van der Waals surface area contributed by atoms with Crippen LogP contribution in [0.15, 0.2) is 36.5 Å². The molecule has 19 heavy (non-hydrogen) atoms. The lowest BCUT2D eigenvalue weighted by atomic mass is 10.0. The Bertz CT molecular complexity index is 566. The van der Waals surface area contributed by atoms with Crippen molar-refractivity contribution in [2.24, 2.45) is 0 Å². The van der Waals surface area contributed by atoms with Gasteiger partial charge in [-0.3, -0.25) is 0 Å². The first-order valence-electron chi connectivity index (χ1n) is 6.40. The Balaban J connectivity index is 2.39. The van der Waals surface area contributed by atoms with Gasteiger partial charge in [0, 0.05) is 17.1 Å². The summed E-state index contributed by atoms with van der Waals surface area (Å²) in [7, 11) is 0. The summed E-state index contributed by atoms with van der Waals surface area (Å²) in [6.45, 7) is 6.41. The molecular weight excluding hydrogens is 302 g/mol. The van der Waals surface area contributed by atoms with Crippen molar-refractivity contribution in [1.82, 2.24) is 4.98 Å². The number of rotatable bonds is 4. The Kier molecular flexibility index (Phi) is 4.59. The van der Waals surface area contributed by atoms with Crippen LogP contribution in [0.1, 0.15) is 36.5 Å². The fourth-order valence-electron chi connectivity index (χ4n) is 1.93. The molecule has 0 aliphatic rings. The van der Waals surface area contributed by atoms with Gasteiger partial charge < -0.3 is 4.74 Å². The Hall–Kier alpha value is -1.35. The molecule has 0 aliphatic carbocycles. The molecule has 0 amide bonds. The van der Waals surface area contributed by atoms with Gasteiger partial charge in [-0.15, -0.1) is 0 Å². The molecule has 0 fully saturated rings. The lowest BCUT2D eigenvalue weighted by Crippen LogP contribution is -1.98. The topological polar surface area (TPSA) is 22.1 Å². The Morgan fingerprint density at radius 1 is 1.26 bits per heavy atom. The van der Waals surface area contributed by atoms with E-state index in [0.717, 1.165) is 16.6 Å². The molecular formula is C16H18BrNO. The van der Waals surface area contributed by atoms with Crippen molar-refractivity contribution in [3.8, 4) is 11.6 Å². The number of pyridine rings is 1. The first-order valence-corrected chi connectivity index (χ1v) is 7.52. The number of hydrogen-bond donors (Lipinski definition) is 0. The van der Waals surface area contributed by atoms with Gasteiger partial charge in [-0.05, 0) is 36.1 Å². The summed E-state index contributed by atoms with van der Waals surface area (Å²) < 4.78 is 6.03. The minimum atomic E-state index is 0.423. The molecule has 0 N–H and O–H groups in total. The lowest BCUT2D eigenvalue weighted by Gasteiger charge is -2.15. The predicted molar refractivity (Wildman–Crippen MR) is 82.2 cm³/mol. The summed E-state index contributed by atoms with van der Waals surface area (Å²) in [4.78, 5) is 4.32. The minimum Gasteiger partial charge on any atom is -0.438 e. The van der Waals surface area contributed by atoms with Crippen LogP contribution in [-0.4, -0.2) is 4.98 Å². The van der Waals surface area contributed by atoms with E-state index in [2.05, 4.69) is 59.9 Å². The summed E-state index contributed by atoms with van der Waals surface area (Å²) >= 11 is 3.46. The summed E-state index contributed by atoms with van der Waals surface area (Å²) in [6, 6.07) is 10.3. The van der Waals surface area contributed by atoms with Crippen molar-refractivity contribution < 1.29 is 4.74 Å². The molecule has 0 radical (unpaired) electrons. The van der Waals surface area contributed by atoms with E-state index >= 15 is 0 Å². The van der Waals surface area contributed by atoms with Crippen LogP contribution in [0.2, 0.25) is 0 Å². The van der Waals surface area contributed by atoms with Gasteiger partial charge in [0.15, 0.2) is 0 Å². The van der Waals surface area contributed by atoms with Gasteiger partial charge in [-0.1, -0.05) is 48.0 Å². The highest BCUT2D eigenvalue weighted by molar-refractivity contribution is 9.08. The van der Waals surface area contributed by atoms with E-state index in [4.69, 9.17) is 4.74 Å². The largest absolute Gasteiger partial charge is 0.438 e. The Labute approximate surface area is 123 Å². The number of alkyl halides is 1. The molecule has 1 heterocycles. The normalized spacial score (nSPS) is 10.8. The van der Waals surface area contributed by atoms with E-state index in [1.54, 1.807) is 6.20 Å². The van der Waals surface area contributed by atoms with Crippen molar-refractivity contribution in [2.45, 2.75) is 32.0 Å². The lowest BCUT2D eigenvalue weighted by molar-refractivity contribution is 0.450.